The average molecular weight is 150 g/mol. The molecule has 0 radical (unpaired) electrons. The van der Waals surface area contributed by atoms with E-state index in [1.54, 1.807) is 0 Å². The maximum Gasteiger partial charge on any atom is 0.303 e. The lowest BCUT2D eigenvalue weighted by molar-refractivity contribution is -0.142. The highest BCUT2D eigenvalue weighted by Gasteiger charge is 2.31. The Hall–Kier alpha value is -1.05. The van der Waals surface area contributed by atoms with Crippen molar-refractivity contribution in [3.8, 4) is 0 Å². The van der Waals surface area contributed by atoms with Crippen molar-refractivity contribution in [2.45, 2.75) is 25.9 Å². The Morgan fingerprint density at radius 1 is 1.45 bits per heavy atom. The first-order chi connectivity index (χ1) is 5.27. The maximum absolute atomic E-state index is 10.6. The average Bonchev–Trinajstić information content (AvgIpc) is 2.48. The molecule has 1 fully saturated rings. The second-order valence-corrected chi connectivity index (χ2v) is 2.97. The minimum absolute atomic E-state index is 0.00694. The number of hydrogen-bond donors (Lipinski definition) is 0. The molecule has 2 heteroatoms. The molecule has 0 atom stereocenters. The van der Waals surface area contributed by atoms with E-state index in [1.807, 2.05) is 0 Å². The summed E-state index contributed by atoms with van der Waals surface area (Å²) in [5.41, 5.74) is 2.52. The molecule has 0 aliphatic heterocycles. The fourth-order valence-corrected chi connectivity index (χ4v) is 1.66. The maximum atomic E-state index is 10.6. The molecule has 0 aromatic rings. The van der Waals surface area contributed by atoms with Gasteiger partial charge in [-0.05, 0) is 24.0 Å². The lowest BCUT2D eigenvalue weighted by atomic mass is 10.2. The quantitative estimate of drug-likeness (QED) is 0.530. The van der Waals surface area contributed by atoms with E-state index in [2.05, 4.69) is 12.2 Å². The highest BCUT2D eigenvalue weighted by atomic mass is 16.5. The molecular weight excluding hydrogens is 140 g/mol. The van der Waals surface area contributed by atoms with Crippen molar-refractivity contribution in [3.63, 3.8) is 0 Å². The molecule has 2 bridgehead atoms. The van der Waals surface area contributed by atoms with Gasteiger partial charge in [-0.15, -0.1) is 0 Å². The lowest BCUT2D eigenvalue weighted by Gasteiger charge is -2.09. The summed E-state index contributed by atoms with van der Waals surface area (Å²) in [6.07, 6.45) is 6.28. The Balaban J connectivity index is 2.12. The van der Waals surface area contributed by atoms with Gasteiger partial charge in [0, 0.05) is 6.92 Å². The summed E-state index contributed by atoms with van der Waals surface area (Å²) in [6, 6.07) is 0. The van der Waals surface area contributed by atoms with E-state index in [-0.39, 0.29) is 12.1 Å². The Labute approximate surface area is 65.5 Å². The molecule has 0 saturated heterocycles. The van der Waals surface area contributed by atoms with Crippen LogP contribution in [0.2, 0.25) is 0 Å². The van der Waals surface area contributed by atoms with E-state index >= 15 is 0 Å². The molecule has 11 heavy (non-hydrogen) atoms. The van der Waals surface area contributed by atoms with Gasteiger partial charge in [-0.2, -0.15) is 0 Å². The summed E-state index contributed by atoms with van der Waals surface area (Å²) < 4.78 is 5.12. The van der Waals surface area contributed by atoms with Crippen LogP contribution in [-0.4, -0.2) is 12.1 Å². The van der Waals surface area contributed by atoms with Crippen LogP contribution in [0, 0.1) is 0 Å². The molecule has 0 heterocycles. The highest BCUT2D eigenvalue weighted by Crippen LogP contribution is 2.37. The smallest absolute Gasteiger partial charge is 0.303 e. The van der Waals surface area contributed by atoms with Crippen LogP contribution in [0.4, 0.5) is 0 Å². The molecule has 2 aliphatic rings. The van der Waals surface area contributed by atoms with Gasteiger partial charge in [0.15, 0.2) is 0 Å². The fourth-order valence-electron chi connectivity index (χ4n) is 1.66. The third kappa shape index (κ3) is 0.985. The van der Waals surface area contributed by atoms with Crippen LogP contribution < -0.4 is 0 Å². The molecular formula is C9H10O2. The molecule has 2 nitrogen and oxygen atoms in total. The Morgan fingerprint density at radius 3 is 2.36 bits per heavy atom. The largest absolute Gasteiger partial charge is 0.453 e. The van der Waals surface area contributed by atoms with E-state index in [0.29, 0.717) is 0 Å². The molecule has 2 rings (SSSR count). The Kier molecular flexibility index (Phi) is 1.34. The van der Waals surface area contributed by atoms with Crippen molar-refractivity contribution < 1.29 is 9.53 Å². The van der Waals surface area contributed by atoms with Crippen molar-refractivity contribution in [3.05, 3.63) is 23.3 Å². The zero-order valence-corrected chi connectivity index (χ0v) is 6.46. The third-order valence-electron chi connectivity index (χ3n) is 2.17. The van der Waals surface area contributed by atoms with Crippen LogP contribution >= 0.6 is 0 Å². The molecule has 0 spiro atoms. The van der Waals surface area contributed by atoms with Gasteiger partial charge in [-0.25, -0.2) is 0 Å². The monoisotopic (exact) mass is 150 g/mol. The normalized spacial score (nSPS) is 21.5. The van der Waals surface area contributed by atoms with Crippen molar-refractivity contribution in [2.75, 3.05) is 0 Å². The molecule has 0 aromatic heterocycles. The van der Waals surface area contributed by atoms with E-state index in [9.17, 15) is 4.79 Å². The van der Waals surface area contributed by atoms with Crippen molar-refractivity contribution >= 4 is 5.97 Å². The molecule has 0 amide bonds. The molecule has 0 unspecified atom stereocenters. The van der Waals surface area contributed by atoms with Crippen LogP contribution in [0.3, 0.4) is 0 Å². The van der Waals surface area contributed by atoms with Crippen LogP contribution in [0.5, 0.6) is 0 Å². The second-order valence-electron chi connectivity index (χ2n) is 2.97. The van der Waals surface area contributed by atoms with Crippen molar-refractivity contribution in [1.82, 2.24) is 0 Å². The number of esters is 1. The van der Waals surface area contributed by atoms with Crippen LogP contribution in [0.1, 0.15) is 19.8 Å². The van der Waals surface area contributed by atoms with Gasteiger partial charge in [-0.1, -0.05) is 12.2 Å². The lowest BCUT2D eigenvalue weighted by Crippen LogP contribution is -2.13. The second kappa shape index (κ2) is 2.22. The van der Waals surface area contributed by atoms with Crippen molar-refractivity contribution in [2.24, 2.45) is 0 Å². The van der Waals surface area contributed by atoms with Gasteiger partial charge < -0.3 is 4.74 Å². The SMILES string of the molecule is CC(=O)OC1C2=CC=C1CC2. The Bertz CT molecular complexity index is 241. The first-order valence-corrected chi connectivity index (χ1v) is 3.84. The van der Waals surface area contributed by atoms with Gasteiger partial charge in [0.1, 0.15) is 6.10 Å². The van der Waals surface area contributed by atoms with E-state index in [4.69, 9.17) is 4.74 Å². The summed E-state index contributed by atoms with van der Waals surface area (Å²) in [6.45, 7) is 1.46. The summed E-state index contributed by atoms with van der Waals surface area (Å²) in [4.78, 5) is 10.6. The third-order valence-corrected chi connectivity index (χ3v) is 2.17. The molecule has 1 saturated carbocycles. The summed E-state index contributed by atoms with van der Waals surface area (Å²) in [5.74, 6) is -0.185. The highest BCUT2D eigenvalue weighted by molar-refractivity contribution is 5.67. The minimum Gasteiger partial charge on any atom is -0.453 e. The van der Waals surface area contributed by atoms with Gasteiger partial charge in [0.2, 0.25) is 0 Å². The molecule has 0 aromatic carbocycles. The van der Waals surface area contributed by atoms with Gasteiger partial charge in [-0.3, -0.25) is 4.79 Å². The van der Waals surface area contributed by atoms with Crippen LogP contribution in [0.25, 0.3) is 0 Å². The molecule has 2 aliphatic carbocycles. The summed E-state index contributed by atoms with van der Waals surface area (Å²) in [7, 11) is 0. The van der Waals surface area contributed by atoms with Crippen LogP contribution in [0.15, 0.2) is 23.3 Å². The number of allylic oxidation sites excluding steroid dienone is 2. The number of rotatable bonds is 1. The predicted octanol–water partition coefficient (Wildman–Crippen LogP) is 1.58. The van der Waals surface area contributed by atoms with Gasteiger partial charge >= 0.3 is 5.97 Å². The number of hydrogen-bond acceptors (Lipinski definition) is 2. The van der Waals surface area contributed by atoms with Gasteiger partial charge in [0.05, 0.1) is 0 Å². The van der Waals surface area contributed by atoms with Gasteiger partial charge in [0.25, 0.3) is 0 Å². The standard InChI is InChI=1S/C9H10O2/c1-6(10)11-9-7-2-3-8(9)5-4-7/h2-3,9H,4-5H2,1H3. The molecule has 58 valence electrons. The zero-order chi connectivity index (χ0) is 7.84. The van der Waals surface area contributed by atoms with E-state index in [0.717, 1.165) is 12.8 Å². The fraction of sp³-hybridized carbons (Fsp3) is 0.444. The first kappa shape index (κ1) is 6.65. The predicted molar refractivity (Wildman–Crippen MR) is 41.0 cm³/mol. The number of ether oxygens (including phenoxy) is 1. The summed E-state index contributed by atoms with van der Waals surface area (Å²) in [5, 5.41) is 0. The van der Waals surface area contributed by atoms with Crippen molar-refractivity contribution in [1.29, 1.82) is 0 Å². The Morgan fingerprint density at radius 2 is 2.00 bits per heavy atom. The van der Waals surface area contributed by atoms with E-state index in [1.165, 1.54) is 18.1 Å². The zero-order valence-electron chi connectivity index (χ0n) is 6.46. The number of carbonyl (C=O) groups is 1. The number of fused-ring (bicyclic) bond motifs is 2. The molecule has 0 N–H and O–H groups in total. The first-order valence-electron chi connectivity index (χ1n) is 3.84. The minimum atomic E-state index is -0.185. The number of carbonyl (C=O) groups excluding carboxylic acids is 1. The van der Waals surface area contributed by atoms with E-state index < -0.39 is 0 Å². The van der Waals surface area contributed by atoms with Crippen LogP contribution in [-0.2, 0) is 9.53 Å². The summed E-state index contributed by atoms with van der Waals surface area (Å²) >= 11 is 0. The topological polar surface area (TPSA) is 26.3 Å².